The highest BCUT2D eigenvalue weighted by molar-refractivity contribution is 5.84. The third-order valence-electron chi connectivity index (χ3n) is 2.55. The Hall–Kier alpha value is -2.88. The summed E-state index contributed by atoms with van der Waals surface area (Å²) in [5, 5.41) is 24.4. The van der Waals surface area contributed by atoms with Crippen LogP contribution in [0.15, 0.2) is 30.5 Å². The van der Waals surface area contributed by atoms with Crippen molar-refractivity contribution in [2.75, 3.05) is 6.61 Å². The molecule has 0 bridgehead atoms. The molecule has 0 amide bonds. The van der Waals surface area contributed by atoms with E-state index in [2.05, 4.69) is 16.4 Å². The molecule has 0 saturated carbocycles. The summed E-state index contributed by atoms with van der Waals surface area (Å²) in [7, 11) is 0. The van der Waals surface area contributed by atoms with Gasteiger partial charge >= 0.3 is 5.97 Å². The van der Waals surface area contributed by atoms with Crippen molar-refractivity contribution in [1.29, 1.82) is 5.26 Å². The number of hydrogen-bond donors (Lipinski definition) is 1. The minimum absolute atomic E-state index is 0.0918. The highest BCUT2D eigenvalue weighted by Gasteiger charge is 2.07. The number of hydrogen-bond acceptors (Lipinski definition) is 5. The molecule has 102 valence electrons. The minimum atomic E-state index is -1.11. The largest absolute Gasteiger partial charge is 0.492 e. The lowest BCUT2D eigenvalue weighted by molar-refractivity contribution is 0.0690. The summed E-state index contributed by atoms with van der Waals surface area (Å²) in [4.78, 5) is 10.6. The lowest BCUT2D eigenvalue weighted by Crippen LogP contribution is -2.08. The van der Waals surface area contributed by atoms with E-state index >= 15 is 0 Å². The molecule has 0 saturated heterocycles. The number of nitrogens with zero attached hydrogens (tertiary/aromatic N) is 4. The Kier molecular flexibility index (Phi) is 4.29. The molecule has 7 heteroatoms. The van der Waals surface area contributed by atoms with Crippen LogP contribution >= 0.6 is 0 Å². The summed E-state index contributed by atoms with van der Waals surface area (Å²) in [5.41, 5.74) is 0.841. The molecule has 2 aromatic rings. The second kappa shape index (κ2) is 6.33. The first-order chi connectivity index (χ1) is 9.69. The quantitative estimate of drug-likeness (QED) is 0.845. The maximum atomic E-state index is 10.6. The van der Waals surface area contributed by atoms with Gasteiger partial charge in [-0.1, -0.05) is 17.3 Å². The van der Waals surface area contributed by atoms with E-state index in [1.54, 1.807) is 12.1 Å². The maximum absolute atomic E-state index is 10.6. The van der Waals surface area contributed by atoms with Crippen molar-refractivity contribution in [2.24, 2.45) is 0 Å². The summed E-state index contributed by atoms with van der Waals surface area (Å²) >= 11 is 0. The van der Waals surface area contributed by atoms with Crippen LogP contribution in [0.25, 0.3) is 0 Å². The number of carboxylic acid groups (broad SMARTS) is 1. The normalized spacial score (nSPS) is 9.95. The Bertz CT molecular complexity index is 628. The zero-order valence-electron chi connectivity index (χ0n) is 10.6. The van der Waals surface area contributed by atoms with Crippen LogP contribution in [0.1, 0.15) is 16.1 Å². The molecule has 7 nitrogen and oxygen atoms in total. The van der Waals surface area contributed by atoms with Gasteiger partial charge in [-0.25, -0.2) is 9.48 Å². The Morgan fingerprint density at radius 1 is 1.40 bits per heavy atom. The van der Waals surface area contributed by atoms with E-state index in [1.807, 2.05) is 12.1 Å². The van der Waals surface area contributed by atoms with Gasteiger partial charge in [0.05, 0.1) is 25.2 Å². The molecule has 1 aromatic heterocycles. The second-order valence-corrected chi connectivity index (χ2v) is 4.00. The molecule has 20 heavy (non-hydrogen) atoms. The highest BCUT2D eigenvalue weighted by Crippen LogP contribution is 2.12. The monoisotopic (exact) mass is 272 g/mol. The lowest BCUT2D eigenvalue weighted by Gasteiger charge is -2.06. The van der Waals surface area contributed by atoms with Crippen LogP contribution in [0.3, 0.4) is 0 Å². The van der Waals surface area contributed by atoms with E-state index in [-0.39, 0.29) is 5.69 Å². The maximum Gasteiger partial charge on any atom is 0.358 e. The van der Waals surface area contributed by atoms with Gasteiger partial charge in [-0.15, -0.1) is 5.10 Å². The molecule has 1 aromatic carbocycles. The number of aromatic carboxylic acids is 1. The van der Waals surface area contributed by atoms with E-state index in [0.29, 0.717) is 25.3 Å². The van der Waals surface area contributed by atoms with E-state index in [9.17, 15) is 4.79 Å². The molecule has 1 heterocycles. The Morgan fingerprint density at radius 2 is 2.15 bits per heavy atom. The number of aromatic nitrogens is 3. The SMILES string of the molecule is N#CCc1ccc(OCCn2cc(C(=O)O)nn2)cc1. The van der Waals surface area contributed by atoms with Crippen LogP contribution in [-0.2, 0) is 13.0 Å². The molecular weight excluding hydrogens is 260 g/mol. The summed E-state index contributed by atoms with van der Waals surface area (Å²) in [5.74, 6) is -0.421. The Labute approximate surface area is 115 Å². The van der Waals surface area contributed by atoms with E-state index in [4.69, 9.17) is 15.1 Å². The summed E-state index contributed by atoms with van der Waals surface area (Å²) in [6, 6.07) is 9.31. The Balaban J connectivity index is 1.83. The van der Waals surface area contributed by atoms with Gasteiger partial charge in [0.1, 0.15) is 12.4 Å². The van der Waals surface area contributed by atoms with Gasteiger partial charge in [-0.2, -0.15) is 5.26 Å². The number of nitriles is 1. The van der Waals surface area contributed by atoms with Gasteiger partial charge in [0.2, 0.25) is 0 Å². The van der Waals surface area contributed by atoms with Crippen molar-refractivity contribution >= 4 is 5.97 Å². The molecule has 0 fully saturated rings. The van der Waals surface area contributed by atoms with Crippen molar-refractivity contribution < 1.29 is 14.6 Å². The van der Waals surface area contributed by atoms with E-state index in [0.717, 1.165) is 5.56 Å². The second-order valence-electron chi connectivity index (χ2n) is 4.00. The fraction of sp³-hybridized carbons (Fsp3) is 0.231. The third kappa shape index (κ3) is 3.55. The molecule has 0 atom stereocenters. The molecule has 2 rings (SSSR count). The number of carboxylic acids is 1. The molecule has 0 spiro atoms. The van der Waals surface area contributed by atoms with Crippen LogP contribution in [0.2, 0.25) is 0 Å². The van der Waals surface area contributed by atoms with Crippen molar-refractivity contribution in [3.05, 3.63) is 41.7 Å². The van der Waals surface area contributed by atoms with Crippen LogP contribution in [-0.4, -0.2) is 32.7 Å². The minimum Gasteiger partial charge on any atom is -0.492 e. The molecule has 1 N–H and O–H groups in total. The van der Waals surface area contributed by atoms with Gasteiger partial charge < -0.3 is 9.84 Å². The average Bonchev–Trinajstić information content (AvgIpc) is 2.90. The predicted octanol–water partition coefficient (Wildman–Crippen LogP) is 1.12. The third-order valence-corrected chi connectivity index (χ3v) is 2.55. The zero-order chi connectivity index (χ0) is 14.4. The fourth-order valence-electron chi connectivity index (χ4n) is 1.56. The number of ether oxygens (including phenoxy) is 1. The van der Waals surface area contributed by atoms with Gasteiger partial charge in [0.25, 0.3) is 0 Å². The lowest BCUT2D eigenvalue weighted by atomic mass is 10.2. The standard InChI is InChI=1S/C13H12N4O3/c14-6-5-10-1-3-11(4-2-10)20-8-7-17-9-12(13(18)19)15-16-17/h1-4,9H,5,7-8H2,(H,18,19). The van der Waals surface area contributed by atoms with Gasteiger partial charge in [0.15, 0.2) is 5.69 Å². The summed E-state index contributed by atoms with van der Waals surface area (Å²) in [6.45, 7) is 0.750. The van der Waals surface area contributed by atoms with Gasteiger partial charge in [0, 0.05) is 0 Å². The first-order valence-electron chi connectivity index (χ1n) is 5.91. The van der Waals surface area contributed by atoms with Crippen molar-refractivity contribution in [3.8, 4) is 11.8 Å². The topological polar surface area (TPSA) is 101 Å². The van der Waals surface area contributed by atoms with Crippen LogP contribution in [0, 0.1) is 11.3 Å². The molecule has 0 aliphatic rings. The molecule has 0 aliphatic heterocycles. The first-order valence-corrected chi connectivity index (χ1v) is 5.91. The first kappa shape index (κ1) is 13.5. The Morgan fingerprint density at radius 3 is 2.75 bits per heavy atom. The predicted molar refractivity (Wildman–Crippen MR) is 68.2 cm³/mol. The number of carbonyl (C=O) groups is 1. The average molecular weight is 272 g/mol. The van der Waals surface area contributed by atoms with Crippen LogP contribution < -0.4 is 4.74 Å². The van der Waals surface area contributed by atoms with Crippen molar-refractivity contribution in [3.63, 3.8) is 0 Å². The zero-order valence-corrected chi connectivity index (χ0v) is 10.6. The van der Waals surface area contributed by atoms with E-state index < -0.39 is 5.97 Å². The summed E-state index contributed by atoms with van der Waals surface area (Å²) in [6.07, 6.45) is 1.72. The molecule has 0 unspecified atom stereocenters. The molecule has 0 radical (unpaired) electrons. The molecule has 0 aliphatic carbocycles. The highest BCUT2D eigenvalue weighted by atomic mass is 16.5. The number of benzene rings is 1. The van der Waals surface area contributed by atoms with Gasteiger partial charge in [-0.3, -0.25) is 0 Å². The van der Waals surface area contributed by atoms with E-state index in [1.165, 1.54) is 10.9 Å². The smallest absolute Gasteiger partial charge is 0.358 e. The van der Waals surface area contributed by atoms with Crippen molar-refractivity contribution in [1.82, 2.24) is 15.0 Å². The van der Waals surface area contributed by atoms with Crippen LogP contribution in [0.5, 0.6) is 5.75 Å². The van der Waals surface area contributed by atoms with Crippen molar-refractivity contribution in [2.45, 2.75) is 13.0 Å². The van der Waals surface area contributed by atoms with Gasteiger partial charge in [-0.05, 0) is 17.7 Å². The summed E-state index contributed by atoms with van der Waals surface area (Å²) < 4.78 is 6.90. The molecular formula is C13H12N4O3. The number of rotatable bonds is 6. The van der Waals surface area contributed by atoms with Crippen LogP contribution in [0.4, 0.5) is 0 Å². The fourth-order valence-corrected chi connectivity index (χ4v) is 1.56.